The van der Waals surface area contributed by atoms with E-state index in [9.17, 15) is 15.8 Å². The van der Waals surface area contributed by atoms with E-state index in [-0.39, 0.29) is 5.90 Å². The number of nitrogens with zero attached hydrogens (tertiary/aromatic N) is 4. The van der Waals surface area contributed by atoms with Crippen molar-refractivity contribution < 1.29 is 9.47 Å². The molecule has 1 spiro atoms. The lowest BCUT2D eigenvalue weighted by atomic mass is 9.48. The number of fused-ring (bicyclic) bond motifs is 2. The van der Waals surface area contributed by atoms with Crippen LogP contribution in [0.3, 0.4) is 0 Å². The van der Waals surface area contributed by atoms with Gasteiger partial charge in [-0.3, -0.25) is 10.4 Å². The minimum atomic E-state index is -1.84. The summed E-state index contributed by atoms with van der Waals surface area (Å²) in [6.07, 6.45) is 3.24. The zero-order valence-corrected chi connectivity index (χ0v) is 13.4. The Morgan fingerprint density at radius 2 is 1.96 bits per heavy atom. The molecule has 124 valence electrons. The van der Waals surface area contributed by atoms with Gasteiger partial charge in [0.25, 0.3) is 0 Å². The molecule has 7 heteroatoms. The SMILES string of the molecule is N#CC1(C#N)[C@H]2CCCC[C@@]23OC(=N)[C@]1(C#N)[C@@H](c1ccccn1)O3. The smallest absolute Gasteiger partial charge is 0.218 e. The minimum absolute atomic E-state index is 0.363. The summed E-state index contributed by atoms with van der Waals surface area (Å²) in [5.41, 5.74) is -3.12. The number of pyridine rings is 1. The van der Waals surface area contributed by atoms with Crippen LogP contribution in [0.25, 0.3) is 0 Å². The van der Waals surface area contributed by atoms with E-state index in [2.05, 4.69) is 23.2 Å². The second-order valence-electron chi connectivity index (χ2n) is 6.75. The molecule has 1 N–H and O–H groups in total. The Labute approximate surface area is 144 Å². The quantitative estimate of drug-likeness (QED) is 0.841. The van der Waals surface area contributed by atoms with Crippen molar-refractivity contribution in [2.45, 2.75) is 37.6 Å². The predicted molar refractivity (Wildman–Crippen MR) is 83.3 cm³/mol. The molecule has 1 aromatic heterocycles. The maximum atomic E-state index is 10.1. The molecular weight excluding hydrogens is 318 g/mol. The maximum absolute atomic E-state index is 10.1. The Hall–Kier alpha value is -2.95. The van der Waals surface area contributed by atoms with Gasteiger partial charge in [0.05, 0.1) is 29.8 Å². The van der Waals surface area contributed by atoms with Gasteiger partial charge in [0.2, 0.25) is 11.7 Å². The van der Waals surface area contributed by atoms with Gasteiger partial charge < -0.3 is 9.47 Å². The van der Waals surface area contributed by atoms with Crippen molar-refractivity contribution in [2.75, 3.05) is 0 Å². The second-order valence-corrected chi connectivity index (χ2v) is 6.75. The van der Waals surface area contributed by atoms with E-state index in [0.29, 0.717) is 18.5 Å². The van der Waals surface area contributed by atoms with Crippen LogP contribution in [-0.4, -0.2) is 16.7 Å². The molecule has 1 aliphatic carbocycles. The van der Waals surface area contributed by atoms with Crippen LogP contribution in [0.4, 0.5) is 0 Å². The van der Waals surface area contributed by atoms with Gasteiger partial charge in [-0.25, -0.2) is 0 Å². The number of nitriles is 3. The summed E-state index contributed by atoms with van der Waals surface area (Å²) in [5, 5.41) is 38.6. The number of aromatic nitrogens is 1. The normalized spacial score (nSPS) is 37.7. The number of hydrogen-bond donors (Lipinski definition) is 1. The molecule has 5 rings (SSSR count). The van der Waals surface area contributed by atoms with Crippen molar-refractivity contribution in [3.8, 4) is 18.2 Å². The molecule has 7 nitrogen and oxygen atoms in total. The zero-order valence-electron chi connectivity index (χ0n) is 13.4. The highest BCUT2D eigenvalue weighted by atomic mass is 16.7. The van der Waals surface area contributed by atoms with Gasteiger partial charge in [-0.05, 0) is 25.0 Å². The lowest BCUT2D eigenvalue weighted by Gasteiger charge is -2.63. The summed E-state index contributed by atoms with van der Waals surface area (Å²) in [6.45, 7) is 0. The molecule has 3 saturated heterocycles. The van der Waals surface area contributed by atoms with Crippen LogP contribution in [0.15, 0.2) is 24.4 Å². The Morgan fingerprint density at radius 1 is 1.16 bits per heavy atom. The molecule has 3 aliphatic heterocycles. The molecule has 4 heterocycles. The Kier molecular flexibility index (Phi) is 3.13. The Morgan fingerprint density at radius 3 is 2.60 bits per heavy atom. The average molecular weight is 333 g/mol. The first kappa shape index (κ1) is 15.6. The third kappa shape index (κ3) is 1.60. The summed E-state index contributed by atoms with van der Waals surface area (Å²) in [5.74, 6) is -2.16. The summed E-state index contributed by atoms with van der Waals surface area (Å²) in [6, 6.07) is 11.4. The fourth-order valence-electron chi connectivity index (χ4n) is 4.64. The summed E-state index contributed by atoms with van der Waals surface area (Å²) in [7, 11) is 0. The Balaban J connectivity index is 2.02. The number of rotatable bonds is 1. The lowest BCUT2D eigenvalue weighted by Crippen LogP contribution is -2.73. The number of ether oxygens (including phenoxy) is 2. The van der Waals surface area contributed by atoms with E-state index in [1.54, 1.807) is 24.4 Å². The van der Waals surface area contributed by atoms with Crippen molar-refractivity contribution in [1.82, 2.24) is 4.98 Å². The maximum Gasteiger partial charge on any atom is 0.218 e. The standard InChI is InChI=1S/C18H15N5O2/c19-9-16(10-20)13-6-1-3-7-18(13)24-14(12-5-2-4-8-23-12)17(16,11-21)15(22)25-18/h2,4-5,8,13-14,22H,1,3,6-7H2/t13-,14-,17+,18-/m1/s1. The van der Waals surface area contributed by atoms with E-state index < -0.39 is 28.6 Å². The molecule has 4 fully saturated rings. The lowest BCUT2D eigenvalue weighted by molar-refractivity contribution is -0.361. The van der Waals surface area contributed by atoms with Crippen LogP contribution in [0.5, 0.6) is 0 Å². The fraction of sp³-hybridized carbons (Fsp3) is 0.500. The van der Waals surface area contributed by atoms with Crippen molar-refractivity contribution >= 4 is 5.90 Å². The monoisotopic (exact) mass is 333 g/mol. The predicted octanol–water partition coefficient (Wildman–Crippen LogP) is 2.59. The second kappa shape index (κ2) is 5.02. The summed E-state index contributed by atoms with van der Waals surface area (Å²) in [4.78, 5) is 4.27. The van der Waals surface area contributed by atoms with Crippen LogP contribution < -0.4 is 0 Å². The summed E-state index contributed by atoms with van der Waals surface area (Å²) < 4.78 is 12.0. The highest BCUT2D eigenvalue weighted by Crippen LogP contribution is 2.69. The molecule has 4 aliphatic rings. The number of hydrogen-bond acceptors (Lipinski definition) is 7. The molecule has 2 bridgehead atoms. The fourth-order valence-corrected chi connectivity index (χ4v) is 4.64. The first-order chi connectivity index (χ1) is 12.1. The first-order valence-electron chi connectivity index (χ1n) is 8.21. The molecule has 0 radical (unpaired) electrons. The van der Waals surface area contributed by atoms with Crippen LogP contribution in [-0.2, 0) is 9.47 Å². The third-order valence-electron chi connectivity index (χ3n) is 5.77. The molecular formula is C18H15N5O2. The third-order valence-corrected chi connectivity index (χ3v) is 5.77. The van der Waals surface area contributed by atoms with Crippen molar-refractivity contribution in [3.05, 3.63) is 30.1 Å². The highest BCUT2D eigenvalue weighted by Gasteiger charge is 2.80. The van der Waals surface area contributed by atoms with Gasteiger partial charge in [0.15, 0.2) is 10.8 Å². The average Bonchev–Trinajstić information content (AvgIpc) is 2.66. The van der Waals surface area contributed by atoms with Crippen LogP contribution in [0.1, 0.15) is 37.5 Å². The van der Waals surface area contributed by atoms with Crippen LogP contribution >= 0.6 is 0 Å². The van der Waals surface area contributed by atoms with Crippen molar-refractivity contribution in [3.63, 3.8) is 0 Å². The van der Waals surface area contributed by atoms with E-state index in [1.807, 2.05) is 0 Å². The molecule has 0 unspecified atom stereocenters. The van der Waals surface area contributed by atoms with E-state index in [0.717, 1.165) is 12.8 Å². The highest BCUT2D eigenvalue weighted by molar-refractivity contribution is 5.88. The minimum Gasteiger partial charge on any atom is -0.447 e. The van der Waals surface area contributed by atoms with E-state index >= 15 is 0 Å². The molecule has 0 amide bonds. The van der Waals surface area contributed by atoms with E-state index in [4.69, 9.17) is 14.9 Å². The molecule has 25 heavy (non-hydrogen) atoms. The van der Waals surface area contributed by atoms with Gasteiger partial charge in [-0.15, -0.1) is 0 Å². The van der Waals surface area contributed by atoms with Gasteiger partial charge in [-0.1, -0.05) is 12.5 Å². The molecule has 1 aromatic rings. The van der Waals surface area contributed by atoms with Gasteiger partial charge in [0.1, 0.15) is 6.10 Å². The van der Waals surface area contributed by atoms with Gasteiger partial charge in [-0.2, -0.15) is 15.8 Å². The van der Waals surface area contributed by atoms with Gasteiger partial charge >= 0.3 is 0 Å². The number of nitrogens with one attached hydrogen (secondary N) is 1. The van der Waals surface area contributed by atoms with Gasteiger partial charge in [0, 0.05) is 12.6 Å². The van der Waals surface area contributed by atoms with Crippen LogP contribution in [0.2, 0.25) is 0 Å². The Bertz CT molecular complexity index is 850. The topological polar surface area (TPSA) is 127 Å². The van der Waals surface area contributed by atoms with Crippen LogP contribution in [0, 0.1) is 56.2 Å². The van der Waals surface area contributed by atoms with Crippen molar-refractivity contribution in [2.24, 2.45) is 16.7 Å². The van der Waals surface area contributed by atoms with E-state index in [1.165, 1.54) is 0 Å². The largest absolute Gasteiger partial charge is 0.447 e. The first-order valence-corrected chi connectivity index (χ1v) is 8.21. The molecule has 1 saturated carbocycles. The zero-order chi connectivity index (χ0) is 17.7. The summed E-state index contributed by atoms with van der Waals surface area (Å²) >= 11 is 0. The van der Waals surface area contributed by atoms with Crippen molar-refractivity contribution in [1.29, 1.82) is 21.2 Å². The molecule has 4 atom stereocenters. The molecule has 0 aromatic carbocycles.